The molecular weight excluding hydrogens is 192 g/mol. The van der Waals surface area contributed by atoms with E-state index in [4.69, 9.17) is 16.0 Å². The monoisotopic (exact) mass is 216 g/mol. The van der Waals surface area contributed by atoms with Crippen molar-refractivity contribution >= 4 is 0 Å². The maximum absolute atomic E-state index is 7.49. The predicted octanol–water partition coefficient (Wildman–Crippen LogP) is 1.73. The van der Waals surface area contributed by atoms with Gasteiger partial charge in [0.1, 0.15) is 11.7 Å². The molecule has 88 valence electrons. The largest absolute Gasteiger partial charge is 0.386 e. The summed E-state index contributed by atoms with van der Waals surface area (Å²) in [5.41, 5.74) is -0.651. The Morgan fingerprint density at radius 1 is 1.53 bits per heavy atom. The van der Waals surface area contributed by atoms with E-state index < -0.39 is 5.60 Å². The smallest absolute Gasteiger partial charge is 0.211 e. The second-order valence-electron chi connectivity index (χ2n) is 5.48. The van der Waals surface area contributed by atoms with Gasteiger partial charge in [-0.25, -0.2) is 0 Å². The van der Waals surface area contributed by atoms with E-state index in [2.05, 4.69) is 20.8 Å². The molecule has 4 atom stereocenters. The second kappa shape index (κ2) is 3.44. The number of aliphatic hydroxyl groups is 1. The minimum absolute atomic E-state index is 0.0586. The van der Waals surface area contributed by atoms with Crippen molar-refractivity contribution in [3.63, 3.8) is 0 Å². The third-order valence-corrected chi connectivity index (χ3v) is 4.59. The van der Waals surface area contributed by atoms with Crippen LogP contribution in [0.1, 0.15) is 40.0 Å². The highest BCUT2D eigenvalue weighted by Gasteiger charge is 2.62. The van der Waals surface area contributed by atoms with E-state index in [-0.39, 0.29) is 23.7 Å². The molecule has 1 saturated heterocycles. The fourth-order valence-corrected chi connectivity index (χ4v) is 3.02. The van der Waals surface area contributed by atoms with Crippen molar-refractivity contribution < 1.29 is 14.6 Å². The van der Waals surface area contributed by atoms with Crippen molar-refractivity contribution in [3.05, 3.63) is 0 Å². The number of hydrogen-bond acceptors (Lipinski definition) is 3. The molecule has 2 rings (SSSR count). The van der Waals surface area contributed by atoms with Crippen molar-refractivity contribution in [2.75, 3.05) is 7.11 Å². The standard InChI is InChI=1S/C12H22O3/c1-8-11(2,3)12(13)7-5-6-9(14-4)10(12)15-8/h8-10,13H,5-7H2,1-4H3/t8?,9-,10+,12-/m1/s1/i13T. The minimum atomic E-state index is -0.509. The van der Waals surface area contributed by atoms with Gasteiger partial charge in [0.15, 0.2) is 0 Å². The lowest BCUT2D eigenvalue weighted by Gasteiger charge is -2.44. The van der Waals surface area contributed by atoms with Gasteiger partial charge in [-0.05, 0) is 26.2 Å². The van der Waals surface area contributed by atoms with E-state index in [1.807, 2.05) is 0 Å². The molecule has 0 spiro atoms. The molecule has 1 unspecified atom stereocenters. The average Bonchev–Trinajstić information content (AvgIpc) is 2.48. The van der Waals surface area contributed by atoms with Crippen LogP contribution < -0.4 is 0 Å². The molecule has 0 aromatic heterocycles. The summed E-state index contributed by atoms with van der Waals surface area (Å²) < 4.78 is 19.0. The van der Waals surface area contributed by atoms with Crippen molar-refractivity contribution in [1.82, 2.24) is 0 Å². The number of rotatable bonds is 2. The van der Waals surface area contributed by atoms with Crippen LogP contribution in [0.3, 0.4) is 0 Å². The SMILES string of the molecule is [3H]O[C@]12CCC[C@@H](OC)[C@@H]1OC(C)C2(C)C. The second-order valence-corrected chi connectivity index (χ2v) is 5.48. The summed E-state index contributed by atoms with van der Waals surface area (Å²) in [6, 6.07) is 0. The number of hydrogen-bond donors (Lipinski definition) is 1. The van der Waals surface area contributed by atoms with Crippen LogP contribution in [0.4, 0.5) is 0 Å². The highest BCUT2D eigenvalue weighted by Crippen LogP contribution is 2.52. The Labute approximate surface area is 93.3 Å². The molecular formula is C12H22O3. The van der Waals surface area contributed by atoms with Gasteiger partial charge in [-0.15, -0.1) is 0 Å². The third-order valence-electron chi connectivity index (χ3n) is 4.59. The molecule has 2 fully saturated rings. The van der Waals surface area contributed by atoms with Crippen LogP contribution in [-0.4, -0.2) is 37.6 Å². The normalized spacial score (nSPS) is 49.9. The first-order chi connectivity index (χ1) is 7.49. The first kappa shape index (κ1) is 10.1. The van der Waals surface area contributed by atoms with Crippen LogP contribution in [0.25, 0.3) is 0 Å². The molecule has 2 aliphatic rings. The summed E-state index contributed by atoms with van der Waals surface area (Å²) in [6.07, 6.45) is 2.97. The molecule has 0 radical (unpaired) electrons. The Hall–Kier alpha value is -0.120. The Kier molecular flexibility index (Phi) is 2.31. The molecule has 0 bridgehead atoms. The van der Waals surface area contributed by atoms with Crippen molar-refractivity contribution in [2.24, 2.45) is 5.41 Å². The number of methoxy groups -OCH3 is 1. The van der Waals surface area contributed by atoms with Crippen LogP contribution in [0.5, 0.6) is 0 Å². The molecule has 1 saturated carbocycles. The molecule has 3 heteroatoms. The predicted molar refractivity (Wildman–Crippen MR) is 57.7 cm³/mol. The highest BCUT2D eigenvalue weighted by molar-refractivity contribution is 5.11. The van der Waals surface area contributed by atoms with Crippen molar-refractivity contribution in [2.45, 2.75) is 63.9 Å². The first-order valence-electron chi connectivity index (χ1n) is 6.23. The fourth-order valence-electron chi connectivity index (χ4n) is 3.02. The summed E-state index contributed by atoms with van der Waals surface area (Å²) in [6.45, 7) is 6.32. The van der Waals surface area contributed by atoms with Gasteiger partial charge < -0.3 is 14.6 Å². The highest BCUT2D eigenvalue weighted by atomic mass is 16.6. The van der Waals surface area contributed by atoms with E-state index in [9.17, 15) is 0 Å². The Balaban J connectivity index is 2.37. The van der Waals surface area contributed by atoms with Crippen molar-refractivity contribution in [3.8, 4) is 0 Å². The van der Waals surface area contributed by atoms with Crippen LogP contribution in [0.15, 0.2) is 0 Å². The van der Waals surface area contributed by atoms with Crippen LogP contribution in [0, 0.1) is 5.41 Å². The molecule has 1 aliphatic carbocycles. The van der Waals surface area contributed by atoms with Gasteiger partial charge in [0.25, 0.3) is 0 Å². The maximum Gasteiger partial charge on any atom is 0.211 e. The summed E-state index contributed by atoms with van der Waals surface area (Å²) in [4.78, 5) is 0. The van der Waals surface area contributed by atoms with Crippen LogP contribution >= 0.6 is 0 Å². The Morgan fingerprint density at radius 2 is 2.27 bits per heavy atom. The lowest BCUT2D eigenvalue weighted by molar-refractivity contribution is -0.153. The summed E-state index contributed by atoms with van der Waals surface area (Å²) in [5.74, 6) is 0. The molecule has 15 heavy (non-hydrogen) atoms. The molecule has 1 N–H and O–H groups in total. The molecule has 1 aliphatic heterocycles. The van der Waals surface area contributed by atoms with E-state index in [0.29, 0.717) is 0 Å². The first-order valence-corrected chi connectivity index (χ1v) is 5.82. The van der Waals surface area contributed by atoms with Gasteiger partial charge in [0, 0.05) is 12.5 Å². The molecule has 1 heterocycles. The van der Waals surface area contributed by atoms with Gasteiger partial charge in [-0.2, -0.15) is 0 Å². The topological polar surface area (TPSA) is 38.7 Å². The maximum atomic E-state index is 7.49. The van der Waals surface area contributed by atoms with Gasteiger partial charge >= 0.3 is 0 Å². The van der Waals surface area contributed by atoms with E-state index in [1.165, 1.54) is 0 Å². The molecule has 0 aromatic rings. The zero-order chi connectivity index (χ0) is 12.0. The van der Waals surface area contributed by atoms with Gasteiger partial charge in [-0.1, -0.05) is 13.8 Å². The third kappa shape index (κ3) is 1.37. The number of fused-ring (bicyclic) bond motifs is 1. The quantitative estimate of drug-likeness (QED) is 0.764. The van der Waals surface area contributed by atoms with Crippen molar-refractivity contribution in [1.29, 1.82) is 1.43 Å². The van der Waals surface area contributed by atoms with Crippen LogP contribution in [-0.2, 0) is 9.47 Å². The molecule has 3 nitrogen and oxygen atoms in total. The lowest BCUT2D eigenvalue weighted by Crippen LogP contribution is -2.56. The zero-order valence-electron chi connectivity index (χ0n) is 11.1. The van der Waals surface area contributed by atoms with E-state index in [1.54, 1.807) is 7.11 Å². The minimum Gasteiger partial charge on any atom is -0.386 e. The Bertz CT molecular complexity index is 269. The summed E-state index contributed by atoms with van der Waals surface area (Å²) in [5, 5.41) is 5.17. The fraction of sp³-hybridized carbons (Fsp3) is 1.00. The number of ether oxygens (including phenoxy) is 2. The van der Waals surface area contributed by atoms with Gasteiger partial charge in [0.05, 0.1) is 12.2 Å². The van der Waals surface area contributed by atoms with Gasteiger partial charge in [0.2, 0.25) is 1.43 Å². The Morgan fingerprint density at radius 3 is 2.87 bits per heavy atom. The lowest BCUT2D eigenvalue weighted by atomic mass is 9.65. The van der Waals surface area contributed by atoms with E-state index >= 15 is 0 Å². The van der Waals surface area contributed by atoms with Gasteiger partial charge in [-0.3, -0.25) is 0 Å². The summed E-state index contributed by atoms with van der Waals surface area (Å²) >= 11 is 0. The van der Waals surface area contributed by atoms with Crippen LogP contribution in [0.2, 0.25) is 0 Å². The zero-order valence-corrected chi connectivity index (χ0v) is 10.1. The summed E-state index contributed by atoms with van der Waals surface area (Å²) in [7, 11) is 1.71. The molecule has 0 amide bonds. The average molecular weight is 216 g/mol. The van der Waals surface area contributed by atoms with E-state index in [0.717, 1.165) is 19.3 Å². The molecule has 0 aromatic carbocycles.